The SMILES string of the molecule is Cn1nnnc1N1CCC(CCl)CC1. The predicted octanol–water partition coefficient (Wildman–Crippen LogP) is 0.665. The van der Waals surface area contributed by atoms with Crippen LogP contribution >= 0.6 is 11.6 Å². The molecule has 0 bridgehead atoms. The van der Waals surface area contributed by atoms with Crippen LogP contribution in [0.1, 0.15) is 12.8 Å². The Morgan fingerprint density at radius 2 is 2.14 bits per heavy atom. The summed E-state index contributed by atoms with van der Waals surface area (Å²) in [6, 6.07) is 0. The number of rotatable bonds is 2. The summed E-state index contributed by atoms with van der Waals surface area (Å²) in [6.45, 7) is 2.01. The molecule has 1 aliphatic rings. The minimum Gasteiger partial charge on any atom is -0.340 e. The molecule has 1 aromatic rings. The van der Waals surface area contributed by atoms with E-state index in [0.717, 1.165) is 37.8 Å². The number of piperidine rings is 1. The highest BCUT2D eigenvalue weighted by Crippen LogP contribution is 2.21. The van der Waals surface area contributed by atoms with E-state index in [0.29, 0.717) is 5.92 Å². The third-order valence-electron chi connectivity index (χ3n) is 2.71. The molecule has 2 heterocycles. The number of nitrogens with zero attached hydrogens (tertiary/aromatic N) is 5. The molecule has 1 fully saturated rings. The fourth-order valence-corrected chi connectivity index (χ4v) is 2.09. The Bertz CT molecular complexity index is 292. The first-order valence-electron chi connectivity index (χ1n) is 4.84. The molecule has 2 rings (SSSR count). The van der Waals surface area contributed by atoms with E-state index in [1.165, 1.54) is 0 Å². The summed E-state index contributed by atoms with van der Waals surface area (Å²) >= 11 is 5.82. The summed E-state index contributed by atoms with van der Waals surface area (Å²) < 4.78 is 1.71. The van der Waals surface area contributed by atoms with Crippen LogP contribution in [0.5, 0.6) is 0 Å². The number of aromatic nitrogens is 4. The molecule has 1 saturated heterocycles. The van der Waals surface area contributed by atoms with Gasteiger partial charge in [0.05, 0.1) is 0 Å². The van der Waals surface area contributed by atoms with Gasteiger partial charge in [-0.15, -0.1) is 11.6 Å². The van der Waals surface area contributed by atoms with Gasteiger partial charge in [0.1, 0.15) is 0 Å². The average molecular weight is 216 g/mol. The van der Waals surface area contributed by atoms with Gasteiger partial charge in [0, 0.05) is 26.0 Å². The minimum atomic E-state index is 0.661. The molecule has 5 nitrogen and oxygen atoms in total. The number of anilines is 1. The number of halogens is 1. The smallest absolute Gasteiger partial charge is 0.245 e. The second kappa shape index (κ2) is 4.13. The molecular weight excluding hydrogens is 202 g/mol. The van der Waals surface area contributed by atoms with Crippen LogP contribution in [-0.4, -0.2) is 39.2 Å². The predicted molar refractivity (Wildman–Crippen MR) is 54.5 cm³/mol. The van der Waals surface area contributed by atoms with Crippen molar-refractivity contribution in [3.63, 3.8) is 0 Å². The van der Waals surface area contributed by atoms with Gasteiger partial charge in [-0.3, -0.25) is 0 Å². The Morgan fingerprint density at radius 1 is 1.43 bits per heavy atom. The van der Waals surface area contributed by atoms with Crippen molar-refractivity contribution in [3.05, 3.63) is 0 Å². The summed E-state index contributed by atoms with van der Waals surface area (Å²) in [7, 11) is 1.86. The molecule has 0 aromatic carbocycles. The Hall–Kier alpha value is -0.840. The van der Waals surface area contributed by atoms with Crippen molar-refractivity contribution in [2.45, 2.75) is 12.8 Å². The zero-order valence-corrected chi connectivity index (χ0v) is 8.98. The normalized spacial score (nSPS) is 18.9. The summed E-state index contributed by atoms with van der Waals surface area (Å²) in [6.07, 6.45) is 2.27. The van der Waals surface area contributed by atoms with Gasteiger partial charge in [-0.2, -0.15) is 0 Å². The standard InChI is InChI=1S/C8H14ClN5/c1-13-8(10-11-12-13)14-4-2-7(6-9)3-5-14/h7H,2-6H2,1H3. The van der Waals surface area contributed by atoms with Crippen LogP contribution in [0.2, 0.25) is 0 Å². The molecular formula is C8H14ClN5. The minimum absolute atomic E-state index is 0.661. The van der Waals surface area contributed by atoms with Crippen molar-refractivity contribution in [2.75, 3.05) is 23.9 Å². The molecule has 0 N–H and O–H groups in total. The van der Waals surface area contributed by atoms with Crippen LogP contribution in [0.15, 0.2) is 0 Å². The van der Waals surface area contributed by atoms with E-state index >= 15 is 0 Å². The van der Waals surface area contributed by atoms with Crippen molar-refractivity contribution in [2.24, 2.45) is 13.0 Å². The third-order valence-corrected chi connectivity index (χ3v) is 3.15. The number of hydrogen-bond donors (Lipinski definition) is 0. The molecule has 0 unspecified atom stereocenters. The molecule has 0 atom stereocenters. The van der Waals surface area contributed by atoms with Crippen LogP contribution in [-0.2, 0) is 7.05 Å². The zero-order chi connectivity index (χ0) is 9.97. The van der Waals surface area contributed by atoms with Crippen LogP contribution in [0.3, 0.4) is 0 Å². The van der Waals surface area contributed by atoms with E-state index in [-0.39, 0.29) is 0 Å². The molecule has 6 heteroatoms. The molecule has 78 valence electrons. The molecule has 0 spiro atoms. The molecule has 0 amide bonds. The number of aryl methyl sites for hydroxylation is 1. The van der Waals surface area contributed by atoms with E-state index in [4.69, 9.17) is 11.6 Å². The van der Waals surface area contributed by atoms with E-state index in [2.05, 4.69) is 20.4 Å². The van der Waals surface area contributed by atoms with Crippen LogP contribution < -0.4 is 4.90 Å². The Labute approximate surface area is 88.0 Å². The quantitative estimate of drug-likeness (QED) is 0.681. The lowest BCUT2D eigenvalue weighted by molar-refractivity contribution is 0.435. The van der Waals surface area contributed by atoms with Crippen molar-refractivity contribution in [3.8, 4) is 0 Å². The second-order valence-electron chi connectivity index (χ2n) is 3.69. The number of alkyl halides is 1. The van der Waals surface area contributed by atoms with Crippen LogP contribution in [0, 0.1) is 5.92 Å². The Balaban J connectivity index is 1.99. The molecule has 0 saturated carbocycles. The van der Waals surface area contributed by atoms with Gasteiger partial charge in [0.2, 0.25) is 5.95 Å². The number of tetrazole rings is 1. The van der Waals surface area contributed by atoms with Crippen molar-refractivity contribution in [1.82, 2.24) is 20.2 Å². The first-order chi connectivity index (χ1) is 6.81. The lowest BCUT2D eigenvalue weighted by Gasteiger charge is -2.30. The second-order valence-corrected chi connectivity index (χ2v) is 4.00. The first kappa shape index (κ1) is 9.71. The lowest BCUT2D eigenvalue weighted by Crippen LogP contribution is -2.35. The average Bonchev–Trinajstić information content (AvgIpc) is 2.65. The van der Waals surface area contributed by atoms with E-state index in [9.17, 15) is 0 Å². The van der Waals surface area contributed by atoms with Crippen molar-refractivity contribution >= 4 is 17.5 Å². The molecule has 0 aliphatic carbocycles. The molecule has 1 aromatic heterocycles. The van der Waals surface area contributed by atoms with E-state index < -0.39 is 0 Å². The highest BCUT2D eigenvalue weighted by atomic mass is 35.5. The Morgan fingerprint density at radius 3 is 2.64 bits per heavy atom. The number of hydrogen-bond acceptors (Lipinski definition) is 4. The highest BCUT2D eigenvalue weighted by Gasteiger charge is 2.21. The molecule has 14 heavy (non-hydrogen) atoms. The highest BCUT2D eigenvalue weighted by molar-refractivity contribution is 6.18. The fourth-order valence-electron chi connectivity index (χ4n) is 1.78. The lowest BCUT2D eigenvalue weighted by atomic mass is 9.99. The third kappa shape index (κ3) is 1.82. The fraction of sp³-hybridized carbons (Fsp3) is 0.875. The first-order valence-corrected chi connectivity index (χ1v) is 5.38. The summed E-state index contributed by atoms with van der Waals surface area (Å²) in [5, 5.41) is 11.4. The van der Waals surface area contributed by atoms with Crippen molar-refractivity contribution in [1.29, 1.82) is 0 Å². The zero-order valence-electron chi connectivity index (χ0n) is 8.23. The maximum absolute atomic E-state index is 5.82. The van der Waals surface area contributed by atoms with Crippen LogP contribution in [0.25, 0.3) is 0 Å². The molecule has 0 radical (unpaired) electrons. The van der Waals surface area contributed by atoms with Gasteiger partial charge in [-0.1, -0.05) is 5.10 Å². The van der Waals surface area contributed by atoms with E-state index in [1.807, 2.05) is 7.05 Å². The van der Waals surface area contributed by atoms with Gasteiger partial charge in [0.15, 0.2) is 0 Å². The monoisotopic (exact) mass is 215 g/mol. The Kier molecular flexibility index (Phi) is 2.86. The van der Waals surface area contributed by atoms with Crippen LogP contribution in [0.4, 0.5) is 5.95 Å². The summed E-state index contributed by atoms with van der Waals surface area (Å²) in [5.41, 5.74) is 0. The van der Waals surface area contributed by atoms with Gasteiger partial charge in [-0.25, -0.2) is 4.68 Å². The van der Waals surface area contributed by atoms with E-state index in [1.54, 1.807) is 4.68 Å². The van der Waals surface area contributed by atoms with Crippen molar-refractivity contribution < 1.29 is 0 Å². The largest absolute Gasteiger partial charge is 0.340 e. The van der Waals surface area contributed by atoms with Gasteiger partial charge in [0.25, 0.3) is 0 Å². The maximum atomic E-state index is 5.82. The van der Waals surface area contributed by atoms with Gasteiger partial charge < -0.3 is 4.90 Å². The molecule has 1 aliphatic heterocycles. The van der Waals surface area contributed by atoms with Gasteiger partial charge in [-0.05, 0) is 29.2 Å². The van der Waals surface area contributed by atoms with Gasteiger partial charge >= 0.3 is 0 Å². The maximum Gasteiger partial charge on any atom is 0.245 e. The topological polar surface area (TPSA) is 46.8 Å². The summed E-state index contributed by atoms with van der Waals surface area (Å²) in [5.74, 6) is 2.29. The summed E-state index contributed by atoms with van der Waals surface area (Å²) in [4.78, 5) is 2.21.